The SMILES string of the molecule is C=CC(F)(F)c1cc(C)c2nc(Cc3c(Cl)ccc(C(=O)NC4CCC(O)CC4)c3Cl)n(C)c2c1. The van der Waals surface area contributed by atoms with Gasteiger partial charge in [0.1, 0.15) is 5.82 Å². The Labute approximate surface area is 212 Å². The number of nitrogens with zero attached hydrogens (tertiary/aromatic N) is 2. The summed E-state index contributed by atoms with van der Waals surface area (Å²) in [5.74, 6) is -2.88. The van der Waals surface area contributed by atoms with Crippen LogP contribution >= 0.6 is 23.2 Å². The van der Waals surface area contributed by atoms with Gasteiger partial charge in [0.2, 0.25) is 0 Å². The molecule has 1 fully saturated rings. The number of halogens is 4. The highest BCUT2D eigenvalue weighted by atomic mass is 35.5. The highest BCUT2D eigenvalue weighted by molar-refractivity contribution is 6.38. The summed E-state index contributed by atoms with van der Waals surface area (Å²) in [6.45, 7) is 4.97. The van der Waals surface area contributed by atoms with Gasteiger partial charge in [-0.15, -0.1) is 0 Å². The number of hydrogen-bond acceptors (Lipinski definition) is 3. The van der Waals surface area contributed by atoms with E-state index in [-0.39, 0.29) is 35.1 Å². The molecule has 1 aromatic heterocycles. The van der Waals surface area contributed by atoms with Crippen LogP contribution in [0, 0.1) is 6.92 Å². The van der Waals surface area contributed by atoms with E-state index >= 15 is 0 Å². The van der Waals surface area contributed by atoms with E-state index in [1.807, 2.05) is 0 Å². The topological polar surface area (TPSA) is 67.2 Å². The third-order valence-electron chi connectivity index (χ3n) is 6.71. The summed E-state index contributed by atoms with van der Waals surface area (Å²) in [4.78, 5) is 17.6. The lowest BCUT2D eigenvalue weighted by molar-refractivity contribution is 0.0526. The molecule has 1 amide bonds. The first-order chi connectivity index (χ1) is 16.5. The molecule has 0 unspecified atom stereocenters. The number of benzene rings is 2. The van der Waals surface area contributed by atoms with Gasteiger partial charge < -0.3 is 15.0 Å². The number of aromatic nitrogens is 2. The van der Waals surface area contributed by atoms with Gasteiger partial charge in [0.15, 0.2) is 0 Å². The van der Waals surface area contributed by atoms with Crippen LogP contribution in [0.15, 0.2) is 36.9 Å². The largest absolute Gasteiger partial charge is 0.393 e. The maximum absolute atomic E-state index is 14.3. The standard InChI is InChI=1S/C26H27Cl2F2N3O2/c1-4-26(29,30)15-11-14(2)24-21(12-15)33(3)22(32-24)13-19-20(27)10-9-18(23(19)28)25(35)31-16-5-7-17(34)8-6-16/h4,9-12,16-17,34H,1,5-8,13H2,2-3H3,(H,31,35). The number of hydrogen-bond donors (Lipinski definition) is 2. The average molecular weight is 522 g/mol. The molecule has 2 N–H and O–H groups in total. The molecule has 1 aliphatic carbocycles. The number of amides is 1. The van der Waals surface area contributed by atoms with Crippen LogP contribution in [0.5, 0.6) is 0 Å². The second kappa shape index (κ2) is 9.88. The maximum Gasteiger partial charge on any atom is 0.291 e. The molecule has 2 aromatic carbocycles. The fraction of sp³-hybridized carbons (Fsp3) is 0.385. The monoisotopic (exact) mass is 521 g/mol. The minimum Gasteiger partial charge on any atom is -0.393 e. The van der Waals surface area contributed by atoms with Crippen LogP contribution in [-0.2, 0) is 19.4 Å². The van der Waals surface area contributed by atoms with Gasteiger partial charge in [-0.2, -0.15) is 8.78 Å². The Morgan fingerprint density at radius 3 is 2.63 bits per heavy atom. The van der Waals surface area contributed by atoms with Gasteiger partial charge in [0, 0.05) is 30.1 Å². The lowest BCUT2D eigenvalue weighted by Gasteiger charge is -2.26. The molecular formula is C26H27Cl2F2N3O2. The second-order valence-electron chi connectivity index (χ2n) is 9.12. The number of aliphatic hydroxyl groups is 1. The number of carbonyl (C=O) groups is 1. The normalized spacial score (nSPS) is 18.6. The third kappa shape index (κ3) is 5.08. The number of rotatable bonds is 6. The van der Waals surface area contributed by atoms with Crippen molar-refractivity contribution in [2.24, 2.45) is 7.05 Å². The van der Waals surface area contributed by atoms with Crippen LogP contribution < -0.4 is 5.32 Å². The van der Waals surface area contributed by atoms with Crippen LogP contribution in [-0.4, -0.2) is 32.7 Å². The molecule has 0 saturated heterocycles. The first-order valence-corrected chi connectivity index (χ1v) is 12.2. The Morgan fingerprint density at radius 1 is 1.29 bits per heavy atom. The van der Waals surface area contributed by atoms with E-state index in [1.54, 1.807) is 30.7 Å². The number of imidazole rings is 1. The molecule has 0 atom stereocenters. The number of fused-ring (bicyclic) bond motifs is 1. The summed E-state index contributed by atoms with van der Waals surface area (Å²) in [6.07, 6.45) is 3.23. The number of allylic oxidation sites excluding steroid dienone is 1. The first kappa shape index (κ1) is 25.6. The fourth-order valence-electron chi connectivity index (χ4n) is 4.55. The predicted octanol–water partition coefficient (Wildman–Crippen LogP) is 6.09. The fourth-order valence-corrected chi connectivity index (χ4v) is 5.14. The van der Waals surface area contributed by atoms with Crippen molar-refractivity contribution in [3.63, 3.8) is 0 Å². The molecule has 186 valence electrons. The molecule has 0 spiro atoms. The third-order valence-corrected chi connectivity index (χ3v) is 7.49. The van der Waals surface area contributed by atoms with Crippen molar-refractivity contribution in [1.82, 2.24) is 14.9 Å². The van der Waals surface area contributed by atoms with Crippen molar-refractivity contribution in [2.45, 2.75) is 57.1 Å². The molecule has 3 aromatic rings. The Bertz CT molecular complexity index is 1300. The van der Waals surface area contributed by atoms with Crippen LogP contribution in [0.2, 0.25) is 10.0 Å². The number of aliphatic hydroxyl groups excluding tert-OH is 1. The average Bonchev–Trinajstić information content (AvgIpc) is 3.14. The molecule has 4 rings (SSSR count). The van der Waals surface area contributed by atoms with E-state index in [0.717, 1.165) is 0 Å². The highest BCUT2D eigenvalue weighted by Gasteiger charge is 2.29. The molecule has 0 bridgehead atoms. The lowest BCUT2D eigenvalue weighted by atomic mass is 9.93. The number of nitrogens with one attached hydrogen (secondary N) is 1. The summed E-state index contributed by atoms with van der Waals surface area (Å²) in [7, 11) is 1.75. The summed E-state index contributed by atoms with van der Waals surface area (Å²) in [5.41, 5.74) is 2.46. The molecule has 5 nitrogen and oxygen atoms in total. The summed E-state index contributed by atoms with van der Waals surface area (Å²) >= 11 is 13.1. The molecular weight excluding hydrogens is 495 g/mol. The van der Waals surface area contributed by atoms with Gasteiger partial charge in [-0.1, -0.05) is 29.8 Å². The second-order valence-corrected chi connectivity index (χ2v) is 9.90. The van der Waals surface area contributed by atoms with Crippen molar-refractivity contribution < 1.29 is 18.7 Å². The van der Waals surface area contributed by atoms with E-state index in [4.69, 9.17) is 23.2 Å². The van der Waals surface area contributed by atoms with Gasteiger partial charge >= 0.3 is 0 Å². The van der Waals surface area contributed by atoms with Crippen molar-refractivity contribution in [3.8, 4) is 0 Å². The zero-order chi connectivity index (χ0) is 25.5. The van der Waals surface area contributed by atoms with Gasteiger partial charge in [-0.25, -0.2) is 4.98 Å². The van der Waals surface area contributed by atoms with Crippen molar-refractivity contribution in [3.05, 3.63) is 75.0 Å². The molecule has 9 heteroatoms. The smallest absolute Gasteiger partial charge is 0.291 e. The minimum atomic E-state index is -3.16. The van der Waals surface area contributed by atoms with Crippen molar-refractivity contribution in [1.29, 1.82) is 0 Å². The zero-order valence-electron chi connectivity index (χ0n) is 19.5. The van der Waals surface area contributed by atoms with Gasteiger partial charge in [0.25, 0.3) is 11.8 Å². The van der Waals surface area contributed by atoms with E-state index < -0.39 is 5.92 Å². The highest BCUT2D eigenvalue weighted by Crippen LogP contribution is 2.35. The molecule has 0 aliphatic heterocycles. The quantitative estimate of drug-likeness (QED) is 0.385. The van der Waals surface area contributed by atoms with Crippen LogP contribution in [0.25, 0.3) is 11.0 Å². The predicted molar refractivity (Wildman–Crippen MR) is 135 cm³/mol. The van der Waals surface area contributed by atoms with E-state index in [2.05, 4.69) is 16.9 Å². The Hall–Kier alpha value is -2.48. The molecule has 1 heterocycles. The lowest BCUT2D eigenvalue weighted by Crippen LogP contribution is -2.38. The summed E-state index contributed by atoms with van der Waals surface area (Å²) < 4.78 is 30.3. The van der Waals surface area contributed by atoms with E-state index in [1.165, 1.54) is 12.1 Å². The van der Waals surface area contributed by atoms with E-state index in [9.17, 15) is 18.7 Å². The van der Waals surface area contributed by atoms with Crippen molar-refractivity contribution in [2.75, 3.05) is 0 Å². The molecule has 1 aliphatic rings. The van der Waals surface area contributed by atoms with Crippen LogP contribution in [0.4, 0.5) is 8.78 Å². The summed E-state index contributed by atoms with van der Waals surface area (Å²) in [5, 5.41) is 13.3. The van der Waals surface area contributed by atoms with Gasteiger partial charge in [-0.05, 0) is 74.1 Å². The molecule has 35 heavy (non-hydrogen) atoms. The Kier molecular flexibility index (Phi) is 7.23. The van der Waals surface area contributed by atoms with Gasteiger partial charge in [-0.3, -0.25) is 4.79 Å². The minimum absolute atomic E-state index is 0.0215. The number of alkyl halides is 2. The van der Waals surface area contributed by atoms with Crippen LogP contribution in [0.1, 0.15) is 58.6 Å². The Balaban J connectivity index is 1.65. The molecule has 1 saturated carbocycles. The Morgan fingerprint density at radius 2 is 1.97 bits per heavy atom. The first-order valence-electron chi connectivity index (χ1n) is 11.5. The summed E-state index contributed by atoms with van der Waals surface area (Å²) in [6, 6.07) is 6.01. The number of carbonyl (C=O) groups excluding carboxylic acids is 1. The van der Waals surface area contributed by atoms with Crippen LogP contribution in [0.3, 0.4) is 0 Å². The maximum atomic E-state index is 14.3. The molecule has 0 radical (unpaired) electrons. The van der Waals surface area contributed by atoms with Gasteiger partial charge in [0.05, 0.1) is 27.7 Å². The van der Waals surface area contributed by atoms with Crippen molar-refractivity contribution >= 4 is 40.1 Å². The number of aryl methyl sites for hydroxylation is 2. The zero-order valence-corrected chi connectivity index (χ0v) is 21.1. The van der Waals surface area contributed by atoms with E-state index in [0.29, 0.717) is 70.3 Å².